The summed E-state index contributed by atoms with van der Waals surface area (Å²) in [5.41, 5.74) is -0.562. The van der Waals surface area contributed by atoms with E-state index in [9.17, 15) is 18.0 Å². The molecule has 1 spiro atoms. The first-order valence-electron chi connectivity index (χ1n) is 8.17. The smallest absolute Gasteiger partial charge is 0.419 e. The van der Waals surface area contributed by atoms with Crippen LogP contribution in [0.5, 0.6) is 5.75 Å². The first kappa shape index (κ1) is 17.1. The van der Waals surface area contributed by atoms with Crippen molar-refractivity contribution in [2.24, 2.45) is 5.41 Å². The molecule has 1 aromatic carbocycles. The molecule has 1 N–H and O–H groups in total. The van der Waals surface area contributed by atoms with Gasteiger partial charge in [0.1, 0.15) is 5.75 Å². The average molecular weight is 342 g/mol. The number of carbonyl (C=O) groups excluding carboxylic acids is 1. The molecule has 2 aliphatic rings. The molecule has 0 aromatic heterocycles. The van der Waals surface area contributed by atoms with Crippen molar-refractivity contribution in [1.82, 2.24) is 10.2 Å². The van der Waals surface area contributed by atoms with Crippen LogP contribution in [0, 0.1) is 5.41 Å². The van der Waals surface area contributed by atoms with Crippen molar-refractivity contribution < 1.29 is 22.7 Å². The van der Waals surface area contributed by atoms with Gasteiger partial charge in [0.2, 0.25) is 0 Å². The maximum atomic E-state index is 12.9. The van der Waals surface area contributed by atoms with Crippen LogP contribution in [0.3, 0.4) is 0 Å². The lowest BCUT2D eigenvalue weighted by Crippen LogP contribution is -2.45. The molecule has 2 heterocycles. The minimum absolute atomic E-state index is 0.257. The topological polar surface area (TPSA) is 41.6 Å². The molecular weight excluding hydrogens is 321 g/mol. The zero-order valence-electron chi connectivity index (χ0n) is 13.4. The van der Waals surface area contributed by atoms with Gasteiger partial charge in [0, 0.05) is 19.6 Å². The second kappa shape index (κ2) is 6.63. The van der Waals surface area contributed by atoms with Crippen LogP contribution >= 0.6 is 0 Å². The Bertz CT molecular complexity index is 588. The molecule has 7 heteroatoms. The van der Waals surface area contributed by atoms with E-state index in [1.807, 2.05) is 0 Å². The van der Waals surface area contributed by atoms with E-state index < -0.39 is 11.7 Å². The normalized spacial score (nSPS) is 20.4. The van der Waals surface area contributed by atoms with Crippen LogP contribution in [0.1, 0.15) is 24.8 Å². The summed E-state index contributed by atoms with van der Waals surface area (Å²) >= 11 is 0. The zero-order valence-corrected chi connectivity index (χ0v) is 13.4. The highest BCUT2D eigenvalue weighted by Crippen LogP contribution is 2.37. The van der Waals surface area contributed by atoms with Crippen LogP contribution < -0.4 is 10.1 Å². The lowest BCUT2D eigenvalue weighted by molar-refractivity contribution is -0.141. The third kappa shape index (κ3) is 3.66. The quantitative estimate of drug-likeness (QED) is 0.918. The first-order valence-corrected chi connectivity index (χ1v) is 8.17. The first-order chi connectivity index (χ1) is 11.4. The van der Waals surface area contributed by atoms with Gasteiger partial charge >= 0.3 is 6.18 Å². The van der Waals surface area contributed by atoms with Crippen molar-refractivity contribution in [3.8, 4) is 5.75 Å². The summed E-state index contributed by atoms with van der Waals surface area (Å²) < 4.78 is 43.9. The number of carbonyl (C=O) groups is 1. The van der Waals surface area contributed by atoms with E-state index in [0.29, 0.717) is 18.5 Å². The van der Waals surface area contributed by atoms with Crippen LogP contribution in [0.4, 0.5) is 13.2 Å². The number of nitrogens with one attached hydrogen (secondary N) is 1. The number of amides is 1. The fourth-order valence-corrected chi connectivity index (χ4v) is 3.51. The number of para-hydroxylation sites is 1. The third-order valence-electron chi connectivity index (χ3n) is 5.05. The summed E-state index contributed by atoms with van der Waals surface area (Å²) in [7, 11) is 0. The number of piperidine rings is 1. The van der Waals surface area contributed by atoms with E-state index in [1.54, 1.807) is 4.90 Å². The lowest BCUT2D eigenvalue weighted by atomic mass is 9.78. The molecule has 0 unspecified atom stereocenters. The maximum Gasteiger partial charge on any atom is 0.419 e. The van der Waals surface area contributed by atoms with Crippen molar-refractivity contribution in [3.63, 3.8) is 0 Å². The van der Waals surface area contributed by atoms with Gasteiger partial charge in [-0.05, 0) is 43.4 Å². The van der Waals surface area contributed by atoms with Crippen molar-refractivity contribution in [2.45, 2.75) is 25.4 Å². The molecule has 0 aliphatic carbocycles. The number of nitrogens with zero attached hydrogens (tertiary/aromatic N) is 1. The molecule has 2 aliphatic heterocycles. The molecule has 1 aromatic rings. The van der Waals surface area contributed by atoms with E-state index in [2.05, 4.69) is 5.32 Å². The van der Waals surface area contributed by atoms with Crippen LogP contribution in [0.25, 0.3) is 0 Å². The third-order valence-corrected chi connectivity index (χ3v) is 5.05. The predicted octanol–water partition coefficient (Wildman–Crippen LogP) is 2.69. The van der Waals surface area contributed by atoms with E-state index in [-0.39, 0.29) is 18.3 Å². The Hall–Kier alpha value is -1.76. The number of hydrogen-bond donors (Lipinski definition) is 1. The van der Waals surface area contributed by atoms with Gasteiger partial charge in [-0.25, -0.2) is 0 Å². The minimum Gasteiger partial charge on any atom is -0.483 e. The van der Waals surface area contributed by atoms with Gasteiger partial charge in [-0.3, -0.25) is 4.79 Å². The zero-order chi connectivity index (χ0) is 17.2. The lowest BCUT2D eigenvalue weighted by Gasteiger charge is -2.38. The summed E-state index contributed by atoms with van der Waals surface area (Å²) in [4.78, 5) is 13.9. The molecule has 2 fully saturated rings. The average Bonchev–Trinajstić information content (AvgIpc) is 3.01. The van der Waals surface area contributed by atoms with Gasteiger partial charge in [0.15, 0.2) is 6.61 Å². The number of alkyl halides is 3. The summed E-state index contributed by atoms with van der Waals surface area (Å²) in [6.07, 6.45) is -1.49. The van der Waals surface area contributed by atoms with Crippen LogP contribution in [-0.2, 0) is 11.0 Å². The van der Waals surface area contributed by atoms with Gasteiger partial charge in [-0.1, -0.05) is 12.1 Å². The Morgan fingerprint density at radius 1 is 1.21 bits per heavy atom. The molecule has 4 nitrogen and oxygen atoms in total. The molecule has 0 atom stereocenters. The monoisotopic (exact) mass is 342 g/mol. The summed E-state index contributed by atoms with van der Waals surface area (Å²) in [5, 5.41) is 3.36. The Balaban J connectivity index is 1.55. The van der Waals surface area contributed by atoms with Crippen molar-refractivity contribution in [3.05, 3.63) is 29.8 Å². The van der Waals surface area contributed by atoms with Crippen molar-refractivity contribution in [1.29, 1.82) is 0 Å². The number of hydrogen-bond acceptors (Lipinski definition) is 3. The van der Waals surface area contributed by atoms with Crippen LogP contribution in [-0.4, -0.2) is 43.6 Å². The Labute approximate surface area is 139 Å². The van der Waals surface area contributed by atoms with E-state index >= 15 is 0 Å². The molecule has 3 rings (SSSR count). The van der Waals surface area contributed by atoms with Crippen LogP contribution in [0.15, 0.2) is 24.3 Å². The van der Waals surface area contributed by atoms with Crippen molar-refractivity contribution >= 4 is 5.91 Å². The summed E-state index contributed by atoms with van der Waals surface area (Å²) in [6, 6.07) is 4.97. The van der Waals surface area contributed by atoms with Gasteiger partial charge < -0.3 is 15.0 Å². The van der Waals surface area contributed by atoms with Gasteiger partial charge in [-0.2, -0.15) is 13.2 Å². The van der Waals surface area contributed by atoms with Crippen LogP contribution in [0.2, 0.25) is 0 Å². The SMILES string of the molecule is O=C(COc1ccccc1C(F)(F)F)N1CCC2(CCNC2)CC1. The summed E-state index contributed by atoms with van der Waals surface area (Å²) in [6.45, 7) is 2.93. The second-order valence-corrected chi connectivity index (χ2v) is 6.59. The van der Waals surface area contributed by atoms with Crippen molar-refractivity contribution in [2.75, 3.05) is 32.8 Å². The molecule has 24 heavy (non-hydrogen) atoms. The maximum absolute atomic E-state index is 12.9. The second-order valence-electron chi connectivity index (χ2n) is 6.59. The summed E-state index contributed by atoms with van der Waals surface area (Å²) in [5.74, 6) is -0.556. The number of halogens is 3. The number of rotatable bonds is 3. The van der Waals surface area contributed by atoms with Gasteiger partial charge in [0.05, 0.1) is 5.56 Å². The molecule has 0 bridgehead atoms. The van der Waals surface area contributed by atoms with Gasteiger partial charge in [0.25, 0.3) is 5.91 Å². The Kier molecular flexibility index (Phi) is 4.71. The highest BCUT2D eigenvalue weighted by molar-refractivity contribution is 5.78. The molecule has 0 radical (unpaired) electrons. The fraction of sp³-hybridized carbons (Fsp3) is 0.588. The Morgan fingerprint density at radius 2 is 1.92 bits per heavy atom. The minimum atomic E-state index is -4.49. The number of likely N-dealkylation sites (tertiary alicyclic amines) is 1. The highest BCUT2D eigenvalue weighted by atomic mass is 19.4. The number of benzene rings is 1. The largest absolute Gasteiger partial charge is 0.483 e. The fourth-order valence-electron chi connectivity index (χ4n) is 3.51. The molecule has 132 valence electrons. The number of ether oxygens (including phenoxy) is 1. The van der Waals surface area contributed by atoms with E-state index in [1.165, 1.54) is 18.2 Å². The Morgan fingerprint density at radius 3 is 2.54 bits per heavy atom. The molecular formula is C17H21F3N2O2. The molecule has 0 saturated carbocycles. The molecule has 1 amide bonds. The van der Waals surface area contributed by atoms with E-state index in [0.717, 1.165) is 38.4 Å². The highest BCUT2D eigenvalue weighted by Gasteiger charge is 2.38. The molecule has 2 saturated heterocycles. The predicted molar refractivity (Wildman–Crippen MR) is 82.7 cm³/mol. The van der Waals surface area contributed by atoms with Gasteiger partial charge in [-0.15, -0.1) is 0 Å². The standard InChI is InChI=1S/C17H21F3N2O2/c18-17(19,20)13-3-1-2-4-14(13)24-11-15(23)22-9-6-16(7-10-22)5-8-21-12-16/h1-4,21H,5-12H2. The van der Waals surface area contributed by atoms with E-state index in [4.69, 9.17) is 4.74 Å².